The molecule has 0 spiro atoms. The molecule has 0 saturated heterocycles. The van der Waals surface area contributed by atoms with Crippen LogP contribution in [0.15, 0.2) is 40.5 Å². The summed E-state index contributed by atoms with van der Waals surface area (Å²) >= 11 is -2.60. The molecule has 1 rings (SSSR count). The maximum atomic E-state index is 12.2. The van der Waals surface area contributed by atoms with Gasteiger partial charge in [-0.3, -0.25) is 0 Å². The molecule has 5 nitrogen and oxygen atoms in total. The molecule has 0 aliphatic rings. The van der Waals surface area contributed by atoms with Crippen molar-refractivity contribution < 1.29 is 19.1 Å². The van der Waals surface area contributed by atoms with Crippen LogP contribution in [0.2, 0.25) is 13.3 Å². The van der Waals surface area contributed by atoms with Crippen LogP contribution in [0.5, 0.6) is 0 Å². The summed E-state index contributed by atoms with van der Waals surface area (Å²) in [6.45, 7) is 11.4. The number of esters is 1. The number of nitrogens with one attached hydrogen (secondary N) is 1. The Labute approximate surface area is 192 Å². The van der Waals surface area contributed by atoms with E-state index < -0.39 is 30.4 Å². The predicted octanol–water partition coefficient (Wildman–Crippen LogP) is 6.40. The summed E-state index contributed by atoms with van der Waals surface area (Å²) in [7, 11) is 0. The number of ether oxygens (including phenoxy) is 2. The van der Waals surface area contributed by atoms with Gasteiger partial charge in [0, 0.05) is 0 Å². The average Bonchev–Trinajstić information content (AvgIpc) is 2.80. The van der Waals surface area contributed by atoms with Crippen LogP contribution in [0.1, 0.15) is 64.9 Å². The van der Waals surface area contributed by atoms with E-state index in [4.69, 9.17) is 9.47 Å². The Morgan fingerprint density at radius 1 is 0.903 bits per heavy atom. The second-order valence-electron chi connectivity index (χ2n) is 8.27. The Morgan fingerprint density at radius 3 is 1.97 bits per heavy atom. The Kier molecular flexibility index (Phi) is 14.4. The SMILES string of the molecule is C=[C](COC(=O)CNC(=O)OCc1ccccc1)[Sn]([CH2]CCC)([CH2]CCC)[CH2]CCC. The van der Waals surface area contributed by atoms with E-state index in [1.54, 1.807) is 0 Å². The number of amides is 1. The van der Waals surface area contributed by atoms with Gasteiger partial charge in [-0.05, 0) is 0 Å². The minimum atomic E-state index is -2.60. The fourth-order valence-electron chi connectivity index (χ4n) is 3.74. The molecule has 0 saturated carbocycles. The number of rotatable bonds is 16. The molecule has 0 radical (unpaired) electrons. The Bertz CT molecular complexity index is 641. The molecular weight excluding hydrogens is 497 g/mol. The van der Waals surface area contributed by atoms with Crippen molar-refractivity contribution in [2.24, 2.45) is 0 Å². The van der Waals surface area contributed by atoms with E-state index >= 15 is 0 Å². The second kappa shape index (κ2) is 16.2. The summed E-state index contributed by atoms with van der Waals surface area (Å²) < 4.78 is 15.7. The molecule has 6 heteroatoms. The zero-order valence-electron chi connectivity index (χ0n) is 19.7. The first-order valence-electron chi connectivity index (χ1n) is 11.8. The molecule has 174 valence electrons. The van der Waals surface area contributed by atoms with Crippen molar-refractivity contribution in [1.29, 1.82) is 0 Å². The third-order valence-electron chi connectivity index (χ3n) is 5.77. The van der Waals surface area contributed by atoms with Gasteiger partial charge in [0.25, 0.3) is 0 Å². The van der Waals surface area contributed by atoms with Crippen molar-refractivity contribution in [2.75, 3.05) is 13.2 Å². The van der Waals surface area contributed by atoms with E-state index in [9.17, 15) is 9.59 Å². The van der Waals surface area contributed by atoms with E-state index in [1.807, 2.05) is 30.3 Å². The van der Waals surface area contributed by atoms with Gasteiger partial charge in [-0.25, -0.2) is 0 Å². The van der Waals surface area contributed by atoms with Crippen molar-refractivity contribution in [2.45, 2.75) is 79.2 Å². The molecule has 0 unspecified atom stereocenters. The molecule has 1 aromatic carbocycles. The molecule has 1 amide bonds. The molecule has 0 aromatic heterocycles. The second-order valence-corrected chi connectivity index (χ2v) is 21.9. The molecule has 1 aromatic rings. The standard InChI is InChI=1S/C13H14NO4.3C4H9.Sn/c1-2-8-17-12(15)9-14-13(16)18-10-11-6-4-3-5-7-11;3*1-3-4-2;/h3-7H,1,8-10H2,(H,14,16);3*1,3-4H2,2H3;. The fourth-order valence-corrected chi connectivity index (χ4v) is 18.8. The van der Waals surface area contributed by atoms with Crippen molar-refractivity contribution >= 4 is 30.4 Å². The van der Waals surface area contributed by atoms with Gasteiger partial charge < -0.3 is 0 Å². The van der Waals surface area contributed by atoms with Crippen LogP contribution in [0.3, 0.4) is 0 Å². The van der Waals surface area contributed by atoms with Gasteiger partial charge in [0.05, 0.1) is 0 Å². The average molecular weight is 538 g/mol. The Morgan fingerprint density at radius 2 is 1.45 bits per heavy atom. The zero-order chi connectivity index (χ0) is 23.0. The molecule has 0 aliphatic carbocycles. The van der Waals surface area contributed by atoms with E-state index in [-0.39, 0.29) is 13.2 Å². The molecular formula is C25H41NO4Sn. The van der Waals surface area contributed by atoms with Crippen molar-refractivity contribution in [3.05, 3.63) is 46.1 Å². The summed E-state index contributed by atoms with van der Waals surface area (Å²) in [6.07, 6.45) is 6.68. The molecule has 0 atom stereocenters. The van der Waals surface area contributed by atoms with E-state index in [1.165, 1.54) is 55.4 Å². The van der Waals surface area contributed by atoms with Gasteiger partial charge in [-0.1, -0.05) is 6.07 Å². The first-order valence-corrected chi connectivity index (χ1v) is 19.2. The molecule has 0 fully saturated rings. The van der Waals surface area contributed by atoms with Gasteiger partial charge in [-0.2, -0.15) is 0 Å². The number of hydrogen-bond donors (Lipinski definition) is 1. The summed E-state index contributed by atoms with van der Waals surface area (Å²) in [6, 6.07) is 9.42. The molecule has 31 heavy (non-hydrogen) atoms. The number of carbonyl (C=O) groups excluding carboxylic acids is 2. The molecule has 0 heterocycles. The van der Waals surface area contributed by atoms with Gasteiger partial charge in [0.2, 0.25) is 0 Å². The first kappa shape index (κ1) is 27.5. The third-order valence-corrected chi connectivity index (χ3v) is 21.7. The number of hydrogen-bond acceptors (Lipinski definition) is 4. The minimum absolute atomic E-state index is 0.168. The zero-order valence-corrected chi connectivity index (χ0v) is 22.6. The topological polar surface area (TPSA) is 64.6 Å². The molecule has 0 bridgehead atoms. The fraction of sp³-hybridized carbons (Fsp3) is 0.600. The summed E-state index contributed by atoms with van der Waals surface area (Å²) in [5, 5.41) is 2.47. The van der Waals surface area contributed by atoms with Crippen LogP contribution in [0.4, 0.5) is 4.79 Å². The summed E-state index contributed by atoms with van der Waals surface area (Å²) in [5.41, 5.74) is 0.895. The molecule has 0 aliphatic heterocycles. The third kappa shape index (κ3) is 11.1. The van der Waals surface area contributed by atoms with Crippen molar-refractivity contribution in [3.63, 3.8) is 0 Å². The normalized spacial score (nSPS) is 11.1. The summed E-state index contributed by atoms with van der Waals surface area (Å²) in [4.78, 5) is 24.0. The van der Waals surface area contributed by atoms with Gasteiger partial charge in [0.1, 0.15) is 0 Å². The van der Waals surface area contributed by atoms with E-state index in [0.717, 1.165) is 5.56 Å². The van der Waals surface area contributed by atoms with E-state index in [2.05, 4.69) is 32.7 Å². The van der Waals surface area contributed by atoms with Gasteiger partial charge in [0.15, 0.2) is 0 Å². The van der Waals surface area contributed by atoms with Crippen LogP contribution >= 0.6 is 0 Å². The van der Waals surface area contributed by atoms with Crippen molar-refractivity contribution in [3.8, 4) is 0 Å². The van der Waals surface area contributed by atoms with Crippen LogP contribution in [-0.2, 0) is 20.9 Å². The maximum absolute atomic E-state index is 12.2. The van der Waals surface area contributed by atoms with Crippen molar-refractivity contribution in [1.82, 2.24) is 5.32 Å². The van der Waals surface area contributed by atoms with Crippen LogP contribution in [0.25, 0.3) is 0 Å². The first-order chi connectivity index (χ1) is 15.0. The number of alkyl carbamates (subject to hydrolysis) is 1. The van der Waals surface area contributed by atoms with Crippen LogP contribution in [0, 0.1) is 0 Å². The van der Waals surface area contributed by atoms with Gasteiger partial charge >= 0.3 is 187 Å². The Balaban J connectivity index is 2.50. The number of unbranched alkanes of at least 4 members (excludes halogenated alkanes) is 3. The monoisotopic (exact) mass is 539 g/mol. The number of carbonyl (C=O) groups is 2. The summed E-state index contributed by atoms with van der Waals surface area (Å²) in [5.74, 6) is -0.445. The van der Waals surface area contributed by atoms with Gasteiger partial charge in [-0.15, -0.1) is 0 Å². The van der Waals surface area contributed by atoms with E-state index in [0.29, 0.717) is 6.61 Å². The van der Waals surface area contributed by atoms with Crippen LogP contribution in [-0.4, -0.2) is 43.6 Å². The predicted molar refractivity (Wildman–Crippen MR) is 130 cm³/mol. The van der Waals surface area contributed by atoms with Crippen LogP contribution < -0.4 is 5.32 Å². The molecule has 1 N–H and O–H groups in total. The Hall–Kier alpha value is -1.50. The number of benzene rings is 1. The quantitative estimate of drug-likeness (QED) is 0.196.